The Labute approximate surface area is 214 Å². The van der Waals surface area contributed by atoms with Crippen LogP contribution in [0.15, 0.2) is 81.6 Å². The summed E-state index contributed by atoms with van der Waals surface area (Å²) in [6.45, 7) is 6.87. The molecule has 1 aromatic heterocycles. The van der Waals surface area contributed by atoms with Gasteiger partial charge in [0, 0.05) is 10.9 Å². The number of ether oxygens (including phenoxy) is 1. The van der Waals surface area contributed by atoms with Gasteiger partial charge in [0.1, 0.15) is 12.4 Å². The van der Waals surface area contributed by atoms with Crippen LogP contribution in [-0.2, 0) is 11.4 Å². The van der Waals surface area contributed by atoms with Crippen LogP contribution in [0, 0.1) is 20.8 Å². The van der Waals surface area contributed by atoms with Gasteiger partial charge in [0.2, 0.25) is 0 Å². The molecule has 1 N–H and O–H groups in total. The molecule has 7 heteroatoms. The number of aryl methyl sites for hydroxylation is 3. The van der Waals surface area contributed by atoms with Gasteiger partial charge in [-0.2, -0.15) is 5.10 Å². The predicted octanol–water partition coefficient (Wildman–Crippen LogP) is 6.56. The molecule has 0 saturated carbocycles. The van der Waals surface area contributed by atoms with Crippen molar-refractivity contribution in [1.29, 1.82) is 0 Å². The monoisotopic (exact) mass is 501 g/mol. The Morgan fingerprint density at radius 3 is 2.54 bits per heavy atom. The Morgan fingerprint density at radius 1 is 1.03 bits per heavy atom. The van der Waals surface area contributed by atoms with Gasteiger partial charge in [0.05, 0.1) is 17.7 Å². The maximum atomic E-state index is 12.1. The summed E-state index contributed by atoms with van der Waals surface area (Å²) in [6, 6.07) is 22.0. The lowest BCUT2D eigenvalue weighted by atomic mass is 10.0. The van der Waals surface area contributed by atoms with Gasteiger partial charge in [-0.3, -0.25) is 4.79 Å². The second kappa shape index (κ2) is 11.8. The van der Waals surface area contributed by atoms with Crippen molar-refractivity contribution >= 4 is 35.2 Å². The maximum Gasteiger partial charge on any atom is 0.250 e. The van der Waals surface area contributed by atoms with E-state index in [4.69, 9.17) is 4.74 Å². The fraction of sp³-hybridized carbons (Fsp3) is 0.179. The Balaban J connectivity index is 1.22. The molecule has 0 spiro atoms. The molecular formula is C28H27N3O2S2. The van der Waals surface area contributed by atoms with E-state index in [-0.39, 0.29) is 11.7 Å². The SMILES string of the molecule is Cc1cc(C)c(COc2ccc(/C=N/NC(=O)CSc3nc(-c4ccccc4)cs3)cc2)cc1C. The highest BCUT2D eigenvalue weighted by Gasteiger charge is 2.08. The molecule has 0 aliphatic heterocycles. The highest BCUT2D eigenvalue weighted by Crippen LogP contribution is 2.28. The number of carbonyl (C=O) groups excluding carboxylic acids is 1. The molecule has 178 valence electrons. The number of aromatic nitrogens is 1. The van der Waals surface area contributed by atoms with Gasteiger partial charge in [-0.25, -0.2) is 10.4 Å². The van der Waals surface area contributed by atoms with Crippen LogP contribution >= 0.6 is 23.1 Å². The second-order valence-electron chi connectivity index (χ2n) is 8.17. The summed E-state index contributed by atoms with van der Waals surface area (Å²) >= 11 is 2.94. The fourth-order valence-electron chi connectivity index (χ4n) is 3.39. The van der Waals surface area contributed by atoms with Crippen LogP contribution in [0.1, 0.15) is 27.8 Å². The average Bonchev–Trinajstić information content (AvgIpc) is 3.35. The number of rotatable bonds is 9. The number of amides is 1. The third kappa shape index (κ3) is 7.04. The third-order valence-corrected chi connectivity index (χ3v) is 7.53. The van der Waals surface area contributed by atoms with Crippen LogP contribution in [0.3, 0.4) is 0 Å². The van der Waals surface area contributed by atoms with Crippen molar-refractivity contribution in [3.05, 3.63) is 99.9 Å². The van der Waals surface area contributed by atoms with Gasteiger partial charge in [-0.05, 0) is 72.9 Å². The molecule has 0 unspecified atom stereocenters. The van der Waals surface area contributed by atoms with Crippen LogP contribution in [-0.4, -0.2) is 22.9 Å². The Kier molecular flexibility index (Phi) is 8.34. The van der Waals surface area contributed by atoms with Gasteiger partial charge >= 0.3 is 0 Å². The van der Waals surface area contributed by atoms with Crippen molar-refractivity contribution < 1.29 is 9.53 Å². The van der Waals surface area contributed by atoms with E-state index < -0.39 is 0 Å². The summed E-state index contributed by atoms with van der Waals surface area (Å²) < 4.78 is 6.80. The van der Waals surface area contributed by atoms with Crippen molar-refractivity contribution in [2.45, 2.75) is 31.7 Å². The van der Waals surface area contributed by atoms with E-state index in [2.05, 4.69) is 48.4 Å². The largest absolute Gasteiger partial charge is 0.489 e. The molecule has 0 bridgehead atoms. The first-order valence-corrected chi connectivity index (χ1v) is 13.1. The fourth-order valence-corrected chi connectivity index (χ4v) is 5.02. The number of thiazole rings is 1. The summed E-state index contributed by atoms with van der Waals surface area (Å²) in [6.07, 6.45) is 1.62. The summed E-state index contributed by atoms with van der Waals surface area (Å²) in [5.41, 5.74) is 10.4. The van der Waals surface area contributed by atoms with E-state index in [0.717, 1.165) is 26.9 Å². The van der Waals surface area contributed by atoms with Crippen LogP contribution in [0.2, 0.25) is 0 Å². The Morgan fingerprint density at radius 2 is 1.77 bits per heavy atom. The maximum absolute atomic E-state index is 12.1. The Hall–Kier alpha value is -3.42. The molecule has 4 aromatic rings. The molecule has 4 rings (SSSR count). The zero-order chi connectivity index (χ0) is 24.6. The van der Waals surface area contributed by atoms with Gasteiger partial charge in [-0.15, -0.1) is 11.3 Å². The average molecular weight is 502 g/mol. The van der Waals surface area contributed by atoms with E-state index in [0.29, 0.717) is 6.61 Å². The standard InChI is InChI=1S/C28H27N3O2S2/c1-19-13-21(3)24(14-20(19)2)16-33-25-11-9-22(10-12-25)15-29-31-27(32)18-35-28-30-26(17-34-28)23-7-5-4-6-8-23/h4-15,17H,16,18H2,1-3H3,(H,31,32)/b29-15+. The first kappa shape index (κ1) is 24.7. The molecule has 5 nitrogen and oxygen atoms in total. The van der Waals surface area contributed by atoms with Crippen molar-refractivity contribution in [2.24, 2.45) is 5.10 Å². The van der Waals surface area contributed by atoms with Crippen LogP contribution in [0.4, 0.5) is 0 Å². The number of thioether (sulfide) groups is 1. The molecule has 1 heterocycles. The number of hydrogen-bond acceptors (Lipinski definition) is 6. The normalized spacial score (nSPS) is 11.1. The van der Waals surface area contributed by atoms with Crippen LogP contribution in [0.25, 0.3) is 11.3 Å². The van der Waals surface area contributed by atoms with Gasteiger partial charge in [0.25, 0.3) is 5.91 Å². The number of nitrogens with one attached hydrogen (secondary N) is 1. The number of hydrazone groups is 1. The highest BCUT2D eigenvalue weighted by molar-refractivity contribution is 8.01. The lowest BCUT2D eigenvalue weighted by Crippen LogP contribution is -2.19. The van der Waals surface area contributed by atoms with E-state index in [9.17, 15) is 4.79 Å². The van der Waals surface area contributed by atoms with Crippen molar-refractivity contribution in [1.82, 2.24) is 10.4 Å². The summed E-state index contributed by atoms with van der Waals surface area (Å²) in [4.78, 5) is 16.7. The number of carbonyl (C=O) groups is 1. The number of nitrogens with zero attached hydrogens (tertiary/aromatic N) is 2. The topological polar surface area (TPSA) is 63.6 Å². The van der Waals surface area contributed by atoms with Gasteiger partial charge < -0.3 is 4.74 Å². The third-order valence-electron chi connectivity index (χ3n) is 5.51. The molecular weight excluding hydrogens is 474 g/mol. The molecule has 0 radical (unpaired) electrons. The molecule has 0 aliphatic carbocycles. The smallest absolute Gasteiger partial charge is 0.250 e. The quantitative estimate of drug-likeness (QED) is 0.160. The van der Waals surface area contributed by atoms with Crippen molar-refractivity contribution in [2.75, 3.05) is 5.75 Å². The first-order valence-electron chi connectivity index (χ1n) is 11.2. The first-order chi connectivity index (χ1) is 17.0. The minimum atomic E-state index is -0.175. The minimum Gasteiger partial charge on any atom is -0.489 e. The summed E-state index contributed by atoms with van der Waals surface area (Å²) in [5.74, 6) is 0.869. The lowest BCUT2D eigenvalue weighted by Gasteiger charge is -2.11. The Bertz CT molecular complexity index is 1320. The molecule has 3 aromatic carbocycles. The van der Waals surface area contributed by atoms with Crippen LogP contribution in [0.5, 0.6) is 5.75 Å². The lowest BCUT2D eigenvalue weighted by molar-refractivity contribution is -0.118. The summed E-state index contributed by atoms with van der Waals surface area (Å²) in [5, 5.41) is 6.07. The van der Waals surface area contributed by atoms with Crippen molar-refractivity contribution in [3.8, 4) is 17.0 Å². The molecule has 35 heavy (non-hydrogen) atoms. The van der Waals surface area contributed by atoms with E-state index in [1.807, 2.05) is 60.0 Å². The molecule has 0 saturated heterocycles. The predicted molar refractivity (Wildman–Crippen MR) is 145 cm³/mol. The molecule has 0 aliphatic rings. The minimum absolute atomic E-state index is 0.175. The van der Waals surface area contributed by atoms with Gasteiger partial charge in [0.15, 0.2) is 4.34 Å². The van der Waals surface area contributed by atoms with E-state index >= 15 is 0 Å². The second-order valence-corrected chi connectivity index (χ2v) is 10.2. The summed E-state index contributed by atoms with van der Waals surface area (Å²) in [7, 11) is 0. The van der Waals surface area contributed by atoms with Crippen molar-refractivity contribution in [3.63, 3.8) is 0 Å². The molecule has 1 amide bonds. The number of benzene rings is 3. The van der Waals surface area contributed by atoms with Crippen LogP contribution < -0.4 is 10.2 Å². The highest BCUT2D eigenvalue weighted by atomic mass is 32.2. The van der Waals surface area contributed by atoms with E-state index in [1.165, 1.54) is 45.4 Å². The van der Waals surface area contributed by atoms with E-state index in [1.54, 1.807) is 6.21 Å². The molecule has 0 atom stereocenters. The van der Waals surface area contributed by atoms with Gasteiger partial charge in [-0.1, -0.05) is 54.2 Å². The zero-order valence-electron chi connectivity index (χ0n) is 19.9. The molecule has 0 fully saturated rings. The zero-order valence-corrected chi connectivity index (χ0v) is 21.6. The number of hydrogen-bond donors (Lipinski definition) is 1.